The highest BCUT2D eigenvalue weighted by Gasteiger charge is 2.26. The normalized spacial score (nSPS) is 22.4. The maximum Gasteiger partial charge on any atom is 0.308 e. The first kappa shape index (κ1) is 14.5. The molecule has 1 heterocycles. The van der Waals surface area contributed by atoms with Crippen molar-refractivity contribution >= 4 is 11.9 Å². The van der Waals surface area contributed by atoms with E-state index in [4.69, 9.17) is 9.47 Å². The molecule has 0 spiro atoms. The van der Waals surface area contributed by atoms with E-state index in [2.05, 4.69) is 0 Å². The molecule has 0 radical (unpaired) electrons. The number of hydrogen-bond acceptors (Lipinski definition) is 4. The van der Waals surface area contributed by atoms with E-state index in [0.29, 0.717) is 24.4 Å². The maximum atomic E-state index is 12.5. The summed E-state index contributed by atoms with van der Waals surface area (Å²) in [6.07, 6.45) is 0.0544. The number of morpholine rings is 1. The van der Waals surface area contributed by atoms with Crippen molar-refractivity contribution in [2.24, 2.45) is 0 Å². The fraction of sp³-hybridized carbons (Fsp3) is 0.467. The maximum absolute atomic E-state index is 12.5. The molecule has 2 atom stereocenters. The highest BCUT2D eigenvalue weighted by atomic mass is 16.5. The number of ether oxygens (including phenoxy) is 2. The average Bonchev–Trinajstić information content (AvgIpc) is 2.36. The van der Waals surface area contributed by atoms with Crippen LogP contribution in [0.1, 0.15) is 31.1 Å². The number of carbonyl (C=O) groups is 2. The predicted molar refractivity (Wildman–Crippen MR) is 73.7 cm³/mol. The molecule has 1 saturated heterocycles. The van der Waals surface area contributed by atoms with Crippen molar-refractivity contribution in [3.8, 4) is 5.75 Å². The number of benzene rings is 1. The van der Waals surface area contributed by atoms with Crippen LogP contribution >= 0.6 is 0 Å². The molecule has 0 saturated carbocycles. The molecule has 20 heavy (non-hydrogen) atoms. The summed E-state index contributed by atoms with van der Waals surface area (Å²) in [5, 5.41) is 0. The Morgan fingerprint density at radius 2 is 1.90 bits per heavy atom. The lowest BCUT2D eigenvalue weighted by Gasteiger charge is -2.35. The van der Waals surface area contributed by atoms with Crippen LogP contribution in [0.2, 0.25) is 0 Å². The summed E-state index contributed by atoms with van der Waals surface area (Å²) in [6, 6.07) is 6.68. The van der Waals surface area contributed by atoms with Crippen LogP contribution in [0.25, 0.3) is 0 Å². The molecule has 108 valence electrons. The molecule has 2 rings (SSSR count). The second-order valence-corrected chi connectivity index (χ2v) is 5.09. The minimum atomic E-state index is -0.400. The predicted octanol–water partition coefficient (Wildman–Crippen LogP) is 1.86. The molecule has 1 aromatic rings. The first-order valence-electron chi connectivity index (χ1n) is 6.69. The van der Waals surface area contributed by atoms with E-state index in [-0.39, 0.29) is 18.1 Å². The Kier molecular flexibility index (Phi) is 4.39. The van der Waals surface area contributed by atoms with Gasteiger partial charge < -0.3 is 14.4 Å². The molecule has 0 aliphatic carbocycles. The van der Waals surface area contributed by atoms with Crippen molar-refractivity contribution in [1.82, 2.24) is 4.90 Å². The number of carbonyl (C=O) groups excluding carboxylic acids is 2. The number of nitrogens with zero attached hydrogens (tertiary/aromatic N) is 1. The van der Waals surface area contributed by atoms with Gasteiger partial charge in [-0.15, -0.1) is 0 Å². The van der Waals surface area contributed by atoms with E-state index in [1.54, 1.807) is 29.2 Å². The van der Waals surface area contributed by atoms with Gasteiger partial charge in [0.15, 0.2) is 0 Å². The summed E-state index contributed by atoms with van der Waals surface area (Å²) in [7, 11) is 0. The van der Waals surface area contributed by atoms with Crippen LogP contribution in [0.3, 0.4) is 0 Å². The largest absolute Gasteiger partial charge is 0.427 e. The summed E-state index contributed by atoms with van der Waals surface area (Å²) in [5.41, 5.74) is 0.519. The smallest absolute Gasteiger partial charge is 0.308 e. The molecule has 1 amide bonds. The summed E-state index contributed by atoms with van der Waals surface area (Å²) in [5.74, 6) is -0.0816. The molecule has 0 N–H and O–H groups in total. The monoisotopic (exact) mass is 277 g/mol. The van der Waals surface area contributed by atoms with Gasteiger partial charge in [0, 0.05) is 25.6 Å². The van der Waals surface area contributed by atoms with Gasteiger partial charge in [-0.1, -0.05) is 6.07 Å². The minimum absolute atomic E-state index is 0.0272. The Labute approximate surface area is 118 Å². The van der Waals surface area contributed by atoms with Crippen molar-refractivity contribution in [1.29, 1.82) is 0 Å². The topological polar surface area (TPSA) is 55.8 Å². The van der Waals surface area contributed by atoms with Crippen molar-refractivity contribution < 1.29 is 19.1 Å². The Bertz CT molecular complexity index is 504. The molecule has 1 aromatic carbocycles. The van der Waals surface area contributed by atoms with Gasteiger partial charge in [-0.3, -0.25) is 9.59 Å². The molecule has 0 aromatic heterocycles. The van der Waals surface area contributed by atoms with Crippen LogP contribution < -0.4 is 4.74 Å². The Morgan fingerprint density at radius 3 is 2.50 bits per heavy atom. The van der Waals surface area contributed by atoms with Crippen LogP contribution in [-0.2, 0) is 9.53 Å². The number of amides is 1. The molecule has 0 bridgehead atoms. The second kappa shape index (κ2) is 6.05. The summed E-state index contributed by atoms with van der Waals surface area (Å²) < 4.78 is 10.6. The molecule has 0 unspecified atom stereocenters. The minimum Gasteiger partial charge on any atom is -0.427 e. The lowest BCUT2D eigenvalue weighted by molar-refractivity contribution is -0.131. The number of hydrogen-bond donors (Lipinski definition) is 0. The SMILES string of the molecule is CC(=O)Oc1cccc(C(=O)N2C[C@H](C)O[C@@H](C)C2)c1. The van der Waals surface area contributed by atoms with Crippen LogP contribution in [0.4, 0.5) is 0 Å². The Hall–Kier alpha value is -1.88. The molecular formula is C15H19NO4. The Morgan fingerprint density at radius 1 is 1.25 bits per heavy atom. The van der Waals surface area contributed by atoms with Crippen molar-refractivity contribution in [2.45, 2.75) is 33.0 Å². The highest BCUT2D eigenvalue weighted by Crippen LogP contribution is 2.18. The van der Waals surface area contributed by atoms with Gasteiger partial charge in [-0.05, 0) is 32.0 Å². The molecule has 1 fully saturated rings. The van der Waals surface area contributed by atoms with E-state index in [1.165, 1.54) is 6.92 Å². The van der Waals surface area contributed by atoms with Crippen molar-refractivity contribution in [3.05, 3.63) is 29.8 Å². The van der Waals surface area contributed by atoms with Crippen LogP contribution in [0.15, 0.2) is 24.3 Å². The number of esters is 1. The fourth-order valence-corrected chi connectivity index (χ4v) is 2.38. The third-order valence-electron chi connectivity index (χ3n) is 3.05. The standard InChI is InChI=1S/C15H19NO4/c1-10-8-16(9-11(2)19-10)15(18)13-5-4-6-14(7-13)20-12(3)17/h4-7,10-11H,8-9H2,1-3H3/t10-,11-/m0/s1. The first-order valence-corrected chi connectivity index (χ1v) is 6.69. The van der Waals surface area contributed by atoms with Gasteiger partial charge in [-0.25, -0.2) is 0 Å². The molecule has 5 heteroatoms. The van der Waals surface area contributed by atoms with E-state index >= 15 is 0 Å². The van der Waals surface area contributed by atoms with Crippen molar-refractivity contribution in [2.75, 3.05) is 13.1 Å². The van der Waals surface area contributed by atoms with Crippen LogP contribution in [0, 0.1) is 0 Å². The fourth-order valence-electron chi connectivity index (χ4n) is 2.38. The first-order chi connectivity index (χ1) is 9.45. The van der Waals surface area contributed by atoms with Crippen LogP contribution in [-0.4, -0.2) is 42.1 Å². The third kappa shape index (κ3) is 3.57. The lowest BCUT2D eigenvalue weighted by atomic mass is 10.1. The molecule has 1 aliphatic heterocycles. The quantitative estimate of drug-likeness (QED) is 0.611. The average molecular weight is 277 g/mol. The highest BCUT2D eigenvalue weighted by molar-refractivity contribution is 5.94. The van der Waals surface area contributed by atoms with Gasteiger partial charge in [0.05, 0.1) is 12.2 Å². The van der Waals surface area contributed by atoms with E-state index in [1.807, 2.05) is 13.8 Å². The number of rotatable bonds is 2. The van der Waals surface area contributed by atoms with Crippen molar-refractivity contribution in [3.63, 3.8) is 0 Å². The van der Waals surface area contributed by atoms with Crippen LogP contribution in [0.5, 0.6) is 5.75 Å². The molecule has 1 aliphatic rings. The van der Waals surface area contributed by atoms with E-state index < -0.39 is 5.97 Å². The van der Waals surface area contributed by atoms with Gasteiger partial charge in [0.25, 0.3) is 5.91 Å². The van der Waals surface area contributed by atoms with E-state index in [9.17, 15) is 9.59 Å². The second-order valence-electron chi connectivity index (χ2n) is 5.09. The van der Waals surface area contributed by atoms with Gasteiger partial charge >= 0.3 is 5.97 Å². The van der Waals surface area contributed by atoms with Gasteiger partial charge in [-0.2, -0.15) is 0 Å². The Balaban J connectivity index is 2.14. The molecular weight excluding hydrogens is 258 g/mol. The van der Waals surface area contributed by atoms with E-state index in [0.717, 1.165) is 0 Å². The zero-order chi connectivity index (χ0) is 14.7. The summed E-state index contributed by atoms with van der Waals surface area (Å²) >= 11 is 0. The zero-order valence-electron chi connectivity index (χ0n) is 12.0. The summed E-state index contributed by atoms with van der Waals surface area (Å²) in [6.45, 7) is 6.37. The third-order valence-corrected chi connectivity index (χ3v) is 3.05. The van der Waals surface area contributed by atoms with Gasteiger partial charge in [0.2, 0.25) is 0 Å². The lowest BCUT2D eigenvalue weighted by Crippen LogP contribution is -2.48. The van der Waals surface area contributed by atoms with Gasteiger partial charge in [0.1, 0.15) is 5.75 Å². The zero-order valence-corrected chi connectivity index (χ0v) is 12.0. The molecule has 5 nitrogen and oxygen atoms in total. The summed E-state index contributed by atoms with van der Waals surface area (Å²) in [4.78, 5) is 25.2.